The highest BCUT2D eigenvalue weighted by Gasteiger charge is 2.36. The number of aliphatic hydroxyl groups is 1. The molecule has 0 aromatic rings. The molecular weight excluding hydrogens is 172 g/mol. The molecule has 0 amide bonds. The lowest BCUT2D eigenvalue weighted by Crippen LogP contribution is -2.36. The summed E-state index contributed by atoms with van der Waals surface area (Å²) < 4.78 is 0. The largest absolute Gasteiger partial charge is 0.388 e. The molecule has 0 aliphatic heterocycles. The van der Waals surface area contributed by atoms with Gasteiger partial charge in [-0.15, -0.1) is 0 Å². The number of hydrogen-bond acceptors (Lipinski definition) is 1. The Bertz CT molecular complexity index is 248. The van der Waals surface area contributed by atoms with E-state index < -0.39 is 0 Å². The van der Waals surface area contributed by atoms with E-state index >= 15 is 0 Å². The third-order valence-corrected chi connectivity index (χ3v) is 3.32. The Balaban J connectivity index is 2.91. The summed E-state index contributed by atoms with van der Waals surface area (Å²) in [7, 11) is 0. The predicted octanol–water partition coefficient (Wildman–Crippen LogP) is 3.31. The van der Waals surface area contributed by atoms with Gasteiger partial charge in [-0.2, -0.15) is 0 Å². The molecule has 2 unspecified atom stereocenters. The molecule has 1 aliphatic carbocycles. The first kappa shape index (κ1) is 11.5. The van der Waals surface area contributed by atoms with Gasteiger partial charge in [-0.3, -0.25) is 0 Å². The van der Waals surface area contributed by atoms with Crippen molar-refractivity contribution >= 4 is 0 Å². The molecule has 0 heterocycles. The van der Waals surface area contributed by atoms with Gasteiger partial charge in [-0.05, 0) is 32.1 Å². The van der Waals surface area contributed by atoms with Gasteiger partial charge in [0.15, 0.2) is 0 Å². The standard InChI is InChI=1S/C13H22O/c1-5-7-11(14)12-10(2)8-6-9-13(12,3)4/h5,7-8,11-12,14H,6,9H2,1-4H3. The molecule has 0 bridgehead atoms. The molecule has 0 spiro atoms. The molecule has 1 aliphatic rings. The fourth-order valence-electron chi connectivity index (χ4n) is 2.61. The van der Waals surface area contributed by atoms with Gasteiger partial charge >= 0.3 is 0 Å². The zero-order chi connectivity index (χ0) is 10.8. The lowest BCUT2D eigenvalue weighted by Gasteiger charge is -2.40. The highest BCUT2D eigenvalue weighted by Crippen LogP contribution is 2.42. The van der Waals surface area contributed by atoms with Crippen LogP contribution in [0.4, 0.5) is 0 Å². The van der Waals surface area contributed by atoms with E-state index in [0.29, 0.717) is 0 Å². The van der Waals surface area contributed by atoms with Crippen molar-refractivity contribution in [3.05, 3.63) is 23.8 Å². The maximum atomic E-state index is 10.1. The Morgan fingerprint density at radius 1 is 1.57 bits per heavy atom. The average Bonchev–Trinajstić information content (AvgIpc) is 2.02. The third kappa shape index (κ3) is 2.27. The second kappa shape index (κ2) is 4.31. The minimum absolute atomic E-state index is 0.220. The van der Waals surface area contributed by atoms with Crippen LogP contribution in [0.1, 0.15) is 40.5 Å². The van der Waals surface area contributed by atoms with E-state index in [9.17, 15) is 5.11 Å². The highest BCUT2D eigenvalue weighted by molar-refractivity contribution is 5.16. The van der Waals surface area contributed by atoms with Crippen molar-refractivity contribution in [2.45, 2.75) is 46.6 Å². The molecule has 1 rings (SSSR count). The van der Waals surface area contributed by atoms with Crippen LogP contribution >= 0.6 is 0 Å². The Hall–Kier alpha value is -0.560. The average molecular weight is 194 g/mol. The quantitative estimate of drug-likeness (QED) is 0.669. The van der Waals surface area contributed by atoms with Crippen molar-refractivity contribution in [1.29, 1.82) is 0 Å². The Morgan fingerprint density at radius 2 is 2.21 bits per heavy atom. The van der Waals surface area contributed by atoms with Gasteiger partial charge < -0.3 is 5.11 Å². The van der Waals surface area contributed by atoms with E-state index in [4.69, 9.17) is 0 Å². The zero-order valence-corrected chi connectivity index (χ0v) is 9.75. The predicted molar refractivity (Wildman–Crippen MR) is 61.1 cm³/mol. The molecule has 1 nitrogen and oxygen atoms in total. The monoisotopic (exact) mass is 194 g/mol. The van der Waals surface area contributed by atoms with E-state index in [0.717, 1.165) is 6.42 Å². The molecule has 0 saturated carbocycles. The molecule has 14 heavy (non-hydrogen) atoms. The van der Waals surface area contributed by atoms with Crippen LogP contribution in [0.25, 0.3) is 0 Å². The van der Waals surface area contributed by atoms with Gasteiger partial charge in [-0.1, -0.05) is 37.6 Å². The first-order valence-corrected chi connectivity index (χ1v) is 5.46. The summed E-state index contributed by atoms with van der Waals surface area (Å²) in [5, 5.41) is 10.1. The Kier molecular flexibility index (Phi) is 3.54. The summed E-state index contributed by atoms with van der Waals surface area (Å²) >= 11 is 0. The smallest absolute Gasteiger partial charge is 0.0791 e. The normalized spacial score (nSPS) is 28.9. The second-order valence-corrected chi connectivity index (χ2v) is 4.97. The third-order valence-electron chi connectivity index (χ3n) is 3.32. The zero-order valence-electron chi connectivity index (χ0n) is 9.75. The van der Waals surface area contributed by atoms with Gasteiger partial charge in [0.1, 0.15) is 0 Å². The number of hydrogen-bond donors (Lipinski definition) is 1. The number of rotatable bonds is 2. The van der Waals surface area contributed by atoms with Crippen molar-refractivity contribution in [1.82, 2.24) is 0 Å². The van der Waals surface area contributed by atoms with Crippen molar-refractivity contribution < 1.29 is 5.11 Å². The number of allylic oxidation sites excluding steroid dienone is 2. The van der Waals surface area contributed by atoms with Crippen LogP contribution in [0.3, 0.4) is 0 Å². The topological polar surface area (TPSA) is 20.2 Å². The molecule has 0 fully saturated rings. The summed E-state index contributed by atoms with van der Waals surface area (Å²) in [5.41, 5.74) is 1.56. The van der Waals surface area contributed by atoms with Crippen LogP contribution in [-0.2, 0) is 0 Å². The first-order chi connectivity index (χ1) is 6.49. The minimum atomic E-state index is -0.327. The Morgan fingerprint density at radius 3 is 2.71 bits per heavy atom. The lowest BCUT2D eigenvalue weighted by molar-refractivity contribution is 0.0784. The van der Waals surface area contributed by atoms with Gasteiger partial charge in [0.2, 0.25) is 0 Å². The molecule has 1 heteroatoms. The molecule has 80 valence electrons. The summed E-state index contributed by atoms with van der Waals surface area (Å²) in [4.78, 5) is 0. The number of aliphatic hydroxyl groups excluding tert-OH is 1. The fourth-order valence-corrected chi connectivity index (χ4v) is 2.61. The van der Waals surface area contributed by atoms with Gasteiger partial charge in [0.05, 0.1) is 6.10 Å². The molecule has 2 atom stereocenters. The lowest BCUT2D eigenvalue weighted by atomic mass is 9.66. The van der Waals surface area contributed by atoms with E-state index in [1.165, 1.54) is 12.0 Å². The summed E-state index contributed by atoms with van der Waals surface area (Å²) in [6.07, 6.45) is 8.09. The fraction of sp³-hybridized carbons (Fsp3) is 0.692. The van der Waals surface area contributed by atoms with E-state index in [1.54, 1.807) is 0 Å². The maximum Gasteiger partial charge on any atom is 0.0791 e. The molecule has 1 N–H and O–H groups in total. The van der Waals surface area contributed by atoms with E-state index in [2.05, 4.69) is 26.8 Å². The van der Waals surface area contributed by atoms with Crippen LogP contribution in [0, 0.1) is 11.3 Å². The SMILES string of the molecule is CC=CC(O)C1C(C)=CCCC1(C)C. The van der Waals surface area contributed by atoms with Crippen LogP contribution in [0.5, 0.6) is 0 Å². The van der Waals surface area contributed by atoms with Crippen molar-refractivity contribution in [3.63, 3.8) is 0 Å². The van der Waals surface area contributed by atoms with Gasteiger partial charge in [-0.25, -0.2) is 0 Å². The van der Waals surface area contributed by atoms with Gasteiger partial charge in [0.25, 0.3) is 0 Å². The highest BCUT2D eigenvalue weighted by atomic mass is 16.3. The minimum Gasteiger partial charge on any atom is -0.388 e. The molecular formula is C13H22O. The van der Waals surface area contributed by atoms with Crippen LogP contribution in [0.2, 0.25) is 0 Å². The summed E-state index contributed by atoms with van der Waals surface area (Å²) in [6.45, 7) is 8.60. The van der Waals surface area contributed by atoms with Crippen LogP contribution < -0.4 is 0 Å². The first-order valence-electron chi connectivity index (χ1n) is 5.46. The van der Waals surface area contributed by atoms with Gasteiger partial charge in [0, 0.05) is 5.92 Å². The summed E-state index contributed by atoms with van der Waals surface area (Å²) in [5.74, 6) is 0.285. The summed E-state index contributed by atoms with van der Waals surface area (Å²) in [6, 6.07) is 0. The van der Waals surface area contributed by atoms with Crippen LogP contribution in [0.15, 0.2) is 23.8 Å². The molecule has 0 radical (unpaired) electrons. The van der Waals surface area contributed by atoms with Crippen LogP contribution in [-0.4, -0.2) is 11.2 Å². The Labute approximate surface area is 87.5 Å². The maximum absolute atomic E-state index is 10.1. The van der Waals surface area contributed by atoms with Crippen molar-refractivity contribution in [2.24, 2.45) is 11.3 Å². The molecule has 0 saturated heterocycles. The van der Waals surface area contributed by atoms with E-state index in [-0.39, 0.29) is 17.4 Å². The second-order valence-electron chi connectivity index (χ2n) is 4.97. The molecule has 0 aromatic carbocycles. The van der Waals surface area contributed by atoms with Crippen molar-refractivity contribution in [3.8, 4) is 0 Å². The van der Waals surface area contributed by atoms with E-state index in [1.807, 2.05) is 19.1 Å². The molecule has 0 aromatic heterocycles. The van der Waals surface area contributed by atoms with Crippen molar-refractivity contribution in [2.75, 3.05) is 0 Å².